The van der Waals surface area contributed by atoms with Crippen LogP contribution in [0.4, 0.5) is 0 Å². The standard InChI is InChI=1S/C11H16N4O/c12-15-11(7-4-13-6-14-5-7)9-3-8-1-2-10(9)16-8/h4-6,8-11,15H,1-3,12H2. The Morgan fingerprint density at radius 2 is 2.19 bits per heavy atom. The highest BCUT2D eigenvalue weighted by molar-refractivity contribution is 5.13. The van der Waals surface area contributed by atoms with Crippen LogP contribution in [0.1, 0.15) is 30.9 Å². The van der Waals surface area contributed by atoms with E-state index >= 15 is 0 Å². The van der Waals surface area contributed by atoms with Gasteiger partial charge in [0, 0.05) is 23.9 Å². The van der Waals surface area contributed by atoms with Gasteiger partial charge in [0.05, 0.1) is 18.2 Å². The van der Waals surface area contributed by atoms with E-state index in [9.17, 15) is 0 Å². The third kappa shape index (κ3) is 1.61. The molecule has 0 spiro atoms. The molecule has 0 saturated carbocycles. The molecular weight excluding hydrogens is 204 g/mol. The molecule has 2 aliphatic rings. The van der Waals surface area contributed by atoms with Crippen molar-refractivity contribution in [3.63, 3.8) is 0 Å². The molecule has 0 radical (unpaired) electrons. The van der Waals surface area contributed by atoms with Gasteiger partial charge in [0.25, 0.3) is 0 Å². The fourth-order valence-corrected chi connectivity index (χ4v) is 2.97. The summed E-state index contributed by atoms with van der Waals surface area (Å²) in [5.41, 5.74) is 3.93. The highest BCUT2D eigenvalue weighted by Gasteiger charge is 2.44. The number of rotatable bonds is 3. The van der Waals surface area contributed by atoms with Gasteiger partial charge in [-0.2, -0.15) is 0 Å². The highest BCUT2D eigenvalue weighted by atomic mass is 16.5. The monoisotopic (exact) mass is 220 g/mol. The lowest BCUT2D eigenvalue weighted by molar-refractivity contribution is 0.0856. The van der Waals surface area contributed by atoms with Crippen molar-refractivity contribution in [1.82, 2.24) is 15.4 Å². The summed E-state index contributed by atoms with van der Waals surface area (Å²) < 4.78 is 5.85. The van der Waals surface area contributed by atoms with Gasteiger partial charge >= 0.3 is 0 Å². The van der Waals surface area contributed by atoms with Gasteiger partial charge in [-0.25, -0.2) is 9.97 Å². The first-order valence-electron chi connectivity index (χ1n) is 5.75. The maximum absolute atomic E-state index is 5.85. The zero-order valence-electron chi connectivity index (χ0n) is 9.04. The Kier molecular flexibility index (Phi) is 2.59. The summed E-state index contributed by atoms with van der Waals surface area (Å²) in [6.45, 7) is 0. The van der Waals surface area contributed by atoms with Crippen molar-refractivity contribution >= 4 is 0 Å². The zero-order chi connectivity index (χ0) is 11.0. The minimum absolute atomic E-state index is 0.108. The van der Waals surface area contributed by atoms with Gasteiger partial charge in [0.2, 0.25) is 0 Å². The Bertz CT molecular complexity index is 358. The summed E-state index contributed by atoms with van der Waals surface area (Å²) in [5, 5.41) is 0. The van der Waals surface area contributed by atoms with E-state index in [1.807, 2.05) is 12.4 Å². The summed E-state index contributed by atoms with van der Waals surface area (Å²) >= 11 is 0. The molecule has 2 fully saturated rings. The normalized spacial score (nSPS) is 34.2. The van der Waals surface area contributed by atoms with Crippen molar-refractivity contribution < 1.29 is 4.74 Å². The molecule has 5 nitrogen and oxygen atoms in total. The molecule has 86 valence electrons. The molecule has 1 aromatic heterocycles. The van der Waals surface area contributed by atoms with Gasteiger partial charge in [0.15, 0.2) is 0 Å². The third-order valence-electron chi connectivity index (χ3n) is 3.70. The number of nitrogens with one attached hydrogen (secondary N) is 1. The summed E-state index contributed by atoms with van der Waals surface area (Å²) in [6, 6.07) is 0.108. The summed E-state index contributed by atoms with van der Waals surface area (Å²) in [7, 11) is 0. The predicted octanol–water partition coefficient (Wildman–Crippen LogP) is 0.548. The molecule has 5 heteroatoms. The second-order valence-electron chi connectivity index (χ2n) is 4.59. The van der Waals surface area contributed by atoms with Crippen LogP contribution in [0.3, 0.4) is 0 Å². The molecule has 1 aromatic rings. The fourth-order valence-electron chi connectivity index (χ4n) is 2.97. The minimum Gasteiger partial charge on any atom is -0.375 e. The van der Waals surface area contributed by atoms with E-state index in [4.69, 9.17) is 10.6 Å². The Labute approximate surface area is 94.4 Å². The fraction of sp³-hybridized carbons (Fsp3) is 0.636. The number of ether oxygens (including phenoxy) is 1. The van der Waals surface area contributed by atoms with Crippen molar-refractivity contribution in [2.75, 3.05) is 0 Å². The van der Waals surface area contributed by atoms with Gasteiger partial charge in [-0.3, -0.25) is 11.3 Å². The first-order chi connectivity index (χ1) is 7.88. The molecule has 4 unspecified atom stereocenters. The van der Waals surface area contributed by atoms with Crippen molar-refractivity contribution in [2.24, 2.45) is 11.8 Å². The van der Waals surface area contributed by atoms with Gasteiger partial charge in [0.1, 0.15) is 6.33 Å². The molecule has 2 aliphatic heterocycles. The minimum atomic E-state index is 0.108. The van der Waals surface area contributed by atoms with Gasteiger partial charge < -0.3 is 4.74 Å². The first-order valence-corrected chi connectivity index (χ1v) is 5.75. The second kappa shape index (κ2) is 4.08. The molecule has 0 aliphatic carbocycles. The van der Waals surface area contributed by atoms with Crippen LogP contribution < -0.4 is 11.3 Å². The SMILES string of the molecule is NNC(c1cncnc1)C1CC2CCC1O2. The highest BCUT2D eigenvalue weighted by Crippen LogP contribution is 2.44. The van der Waals surface area contributed by atoms with Crippen LogP contribution in [-0.4, -0.2) is 22.2 Å². The van der Waals surface area contributed by atoms with Crippen molar-refractivity contribution in [1.29, 1.82) is 0 Å². The number of aromatic nitrogens is 2. The Morgan fingerprint density at radius 3 is 2.75 bits per heavy atom. The Balaban J connectivity index is 1.81. The molecule has 3 heterocycles. The number of fused-ring (bicyclic) bond motifs is 2. The molecule has 3 rings (SSSR count). The zero-order valence-corrected chi connectivity index (χ0v) is 9.04. The molecule has 2 saturated heterocycles. The second-order valence-corrected chi connectivity index (χ2v) is 4.59. The third-order valence-corrected chi connectivity index (χ3v) is 3.70. The van der Waals surface area contributed by atoms with E-state index < -0.39 is 0 Å². The van der Waals surface area contributed by atoms with Gasteiger partial charge in [-0.15, -0.1) is 0 Å². The average molecular weight is 220 g/mol. The van der Waals surface area contributed by atoms with E-state index in [2.05, 4.69) is 15.4 Å². The van der Waals surface area contributed by atoms with Crippen molar-refractivity contribution in [3.05, 3.63) is 24.3 Å². The summed E-state index contributed by atoms with van der Waals surface area (Å²) in [6.07, 6.45) is 9.42. The predicted molar refractivity (Wildman–Crippen MR) is 58.1 cm³/mol. The van der Waals surface area contributed by atoms with E-state index in [0.717, 1.165) is 18.4 Å². The van der Waals surface area contributed by atoms with Crippen LogP contribution in [-0.2, 0) is 4.74 Å². The van der Waals surface area contributed by atoms with E-state index in [0.29, 0.717) is 18.1 Å². The molecule has 2 bridgehead atoms. The average Bonchev–Trinajstić information content (AvgIpc) is 2.94. The van der Waals surface area contributed by atoms with Crippen molar-refractivity contribution in [2.45, 2.75) is 37.5 Å². The van der Waals surface area contributed by atoms with Gasteiger partial charge in [-0.05, 0) is 19.3 Å². The number of hydrazine groups is 1. The van der Waals surface area contributed by atoms with Crippen LogP contribution in [0.15, 0.2) is 18.7 Å². The molecule has 4 atom stereocenters. The summed E-state index contributed by atoms with van der Waals surface area (Å²) in [4.78, 5) is 8.08. The first kappa shape index (κ1) is 10.1. The van der Waals surface area contributed by atoms with Crippen LogP contribution in [0.2, 0.25) is 0 Å². The lowest BCUT2D eigenvalue weighted by atomic mass is 9.82. The van der Waals surface area contributed by atoms with E-state index in [1.165, 1.54) is 12.7 Å². The molecular formula is C11H16N4O. The molecule has 0 amide bonds. The maximum atomic E-state index is 5.85. The summed E-state index contributed by atoms with van der Waals surface area (Å²) in [5.74, 6) is 6.11. The van der Waals surface area contributed by atoms with Crippen LogP contribution in [0.25, 0.3) is 0 Å². The Hall–Kier alpha value is -1.04. The van der Waals surface area contributed by atoms with E-state index in [1.54, 1.807) is 0 Å². The molecule has 3 N–H and O–H groups in total. The largest absolute Gasteiger partial charge is 0.375 e. The number of hydrogen-bond donors (Lipinski definition) is 2. The Morgan fingerprint density at radius 1 is 1.38 bits per heavy atom. The van der Waals surface area contributed by atoms with Crippen LogP contribution in [0, 0.1) is 5.92 Å². The molecule has 16 heavy (non-hydrogen) atoms. The number of nitrogens with two attached hydrogens (primary N) is 1. The van der Waals surface area contributed by atoms with Crippen LogP contribution in [0.5, 0.6) is 0 Å². The lowest BCUT2D eigenvalue weighted by Gasteiger charge is -2.27. The maximum Gasteiger partial charge on any atom is 0.115 e. The quantitative estimate of drug-likeness (QED) is 0.575. The lowest BCUT2D eigenvalue weighted by Crippen LogP contribution is -2.37. The smallest absolute Gasteiger partial charge is 0.115 e. The van der Waals surface area contributed by atoms with Gasteiger partial charge in [-0.1, -0.05) is 0 Å². The van der Waals surface area contributed by atoms with E-state index in [-0.39, 0.29) is 6.04 Å². The van der Waals surface area contributed by atoms with Crippen molar-refractivity contribution in [3.8, 4) is 0 Å². The topological polar surface area (TPSA) is 73.1 Å². The number of hydrogen-bond acceptors (Lipinski definition) is 5. The molecule has 0 aromatic carbocycles. The van der Waals surface area contributed by atoms with Crippen LogP contribution >= 0.6 is 0 Å². The number of nitrogens with zero attached hydrogens (tertiary/aromatic N) is 2.